The SMILES string of the molecule is OC(c1cccc(Br)c1F)C1CCOC2(CCOC2)C1. The summed E-state index contributed by atoms with van der Waals surface area (Å²) in [5.41, 5.74) is 0.0900. The highest BCUT2D eigenvalue weighted by Gasteiger charge is 2.43. The molecular formula is C15H18BrFO3. The molecule has 2 aliphatic heterocycles. The van der Waals surface area contributed by atoms with Crippen molar-refractivity contribution >= 4 is 15.9 Å². The summed E-state index contributed by atoms with van der Waals surface area (Å²) in [6, 6.07) is 5.04. The number of ether oxygens (including phenoxy) is 2. The van der Waals surface area contributed by atoms with Crippen LogP contribution in [0.3, 0.4) is 0 Å². The topological polar surface area (TPSA) is 38.7 Å². The molecule has 0 bridgehead atoms. The van der Waals surface area contributed by atoms with Crippen molar-refractivity contribution in [3.63, 3.8) is 0 Å². The van der Waals surface area contributed by atoms with Crippen molar-refractivity contribution in [3.8, 4) is 0 Å². The van der Waals surface area contributed by atoms with Crippen LogP contribution in [0, 0.1) is 11.7 Å². The van der Waals surface area contributed by atoms with E-state index in [1.165, 1.54) is 0 Å². The number of aliphatic hydroxyl groups is 1. The molecule has 2 aliphatic rings. The number of hydrogen-bond acceptors (Lipinski definition) is 3. The highest BCUT2D eigenvalue weighted by atomic mass is 79.9. The van der Waals surface area contributed by atoms with Crippen molar-refractivity contribution in [1.29, 1.82) is 0 Å². The van der Waals surface area contributed by atoms with Gasteiger partial charge in [0.05, 0.1) is 22.8 Å². The van der Waals surface area contributed by atoms with Crippen molar-refractivity contribution in [1.82, 2.24) is 0 Å². The second-order valence-corrected chi connectivity index (χ2v) is 6.53. The number of hydrogen-bond donors (Lipinski definition) is 1. The zero-order valence-corrected chi connectivity index (χ0v) is 12.7. The predicted molar refractivity (Wildman–Crippen MR) is 75.9 cm³/mol. The third-order valence-electron chi connectivity index (χ3n) is 4.34. The van der Waals surface area contributed by atoms with E-state index in [1.54, 1.807) is 18.2 Å². The zero-order chi connectivity index (χ0) is 14.2. The summed E-state index contributed by atoms with van der Waals surface area (Å²) in [6.45, 7) is 1.88. The molecule has 2 fully saturated rings. The average Bonchev–Trinajstić information content (AvgIpc) is 2.89. The minimum atomic E-state index is -0.797. The minimum Gasteiger partial charge on any atom is -0.388 e. The monoisotopic (exact) mass is 344 g/mol. The van der Waals surface area contributed by atoms with Crippen LogP contribution in [0.2, 0.25) is 0 Å². The van der Waals surface area contributed by atoms with E-state index in [0.717, 1.165) is 19.3 Å². The molecule has 5 heteroatoms. The third-order valence-corrected chi connectivity index (χ3v) is 4.96. The van der Waals surface area contributed by atoms with Gasteiger partial charge in [0.2, 0.25) is 0 Å². The number of benzene rings is 1. The molecule has 20 heavy (non-hydrogen) atoms. The van der Waals surface area contributed by atoms with Gasteiger partial charge in [-0.05, 0) is 40.8 Å². The minimum absolute atomic E-state index is 0.00856. The van der Waals surface area contributed by atoms with Crippen molar-refractivity contribution in [2.45, 2.75) is 31.0 Å². The van der Waals surface area contributed by atoms with E-state index in [9.17, 15) is 9.50 Å². The Kier molecular flexibility index (Phi) is 4.13. The molecule has 1 N–H and O–H groups in total. The number of rotatable bonds is 2. The lowest BCUT2D eigenvalue weighted by molar-refractivity contribution is -0.117. The molecule has 110 valence electrons. The van der Waals surface area contributed by atoms with Gasteiger partial charge in [-0.25, -0.2) is 4.39 Å². The Labute approximate surface area is 126 Å². The molecule has 1 spiro atoms. The van der Waals surface area contributed by atoms with Gasteiger partial charge in [0.1, 0.15) is 5.82 Å². The van der Waals surface area contributed by atoms with Gasteiger partial charge in [0.15, 0.2) is 0 Å². The average molecular weight is 345 g/mol. The van der Waals surface area contributed by atoms with E-state index < -0.39 is 6.10 Å². The summed E-state index contributed by atoms with van der Waals surface area (Å²) in [5, 5.41) is 10.5. The maximum atomic E-state index is 14.1. The molecular weight excluding hydrogens is 327 g/mol. The largest absolute Gasteiger partial charge is 0.388 e. The lowest BCUT2D eigenvalue weighted by atomic mass is 9.80. The van der Waals surface area contributed by atoms with Gasteiger partial charge in [-0.1, -0.05) is 12.1 Å². The Morgan fingerprint density at radius 3 is 3.00 bits per heavy atom. The van der Waals surface area contributed by atoms with Crippen LogP contribution in [-0.4, -0.2) is 30.5 Å². The number of aliphatic hydroxyl groups excluding tert-OH is 1. The first-order valence-electron chi connectivity index (χ1n) is 6.95. The maximum absolute atomic E-state index is 14.1. The molecule has 3 atom stereocenters. The van der Waals surface area contributed by atoms with Gasteiger partial charge in [-0.15, -0.1) is 0 Å². The van der Waals surface area contributed by atoms with Crippen LogP contribution < -0.4 is 0 Å². The van der Waals surface area contributed by atoms with Gasteiger partial charge in [-0.2, -0.15) is 0 Å². The molecule has 3 rings (SSSR count). The smallest absolute Gasteiger partial charge is 0.143 e. The van der Waals surface area contributed by atoms with Crippen molar-refractivity contribution in [3.05, 3.63) is 34.1 Å². The van der Waals surface area contributed by atoms with Gasteiger partial charge in [0.25, 0.3) is 0 Å². The first-order chi connectivity index (χ1) is 9.61. The fourth-order valence-corrected chi connectivity index (χ4v) is 3.58. The molecule has 2 heterocycles. The van der Waals surface area contributed by atoms with Crippen LogP contribution in [0.25, 0.3) is 0 Å². The molecule has 0 amide bonds. The molecule has 1 aromatic rings. The third kappa shape index (κ3) is 2.64. The van der Waals surface area contributed by atoms with E-state index in [1.807, 2.05) is 0 Å². The molecule has 0 aromatic heterocycles. The number of halogens is 2. The van der Waals surface area contributed by atoms with E-state index in [4.69, 9.17) is 9.47 Å². The van der Waals surface area contributed by atoms with Crippen LogP contribution in [0.1, 0.15) is 30.9 Å². The second kappa shape index (κ2) is 5.72. The molecule has 0 saturated carbocycles. The Hall–Kier alpha value is -0.490. The lowest BCUT2D eigenvalue weighted by Gasteiger charge is -2.39. The summed E-state index contributed by atoms with van der Waals surface area (Å²) in [4.78, 5) is 0. The summed E-state index contributed by atoms with van der Waals surface area (Å²) in [6.07, 6.45) is 1.53. The maximum Gasteiger partial charge on any atom is 0.143 e. The molecule has 0 radical (unpaired) electrons. The quantitative estimate of drug-likeness (QED) is 0.895. The first-order valence-corrected chi connectivity index (χ1v) is 7.74. The Bertz CT molecular complexity index is 488. The summed E-state index contributed by atoms with van der Waals surface area (Å²) in [7, 11) is 0. The van der Waals surface area contributed by atoms with Crippen molar-refractivity contribution < 1.29 is 19.0 Å². The zero-order valence-electron chi connectivity index (χ0n) is 11.1. The van der Waals surface area contributed by atoms with Gasteiger partial charge in [0, 0.05) is 25.2 Å². The summed E-state index contributed by atoms with van der Waals surface area (Å²) >= 11 is 3.17. The lowest BCUT2D eigenvalue weighted by Crippen LogP contribution is -2.42. The van der Waals surface area contributed by atoms with E-state index in [-0.39, 0.29) is 17.3 Å². The highest BCUT2D eigenvalue weighted by molar-refractivity contribution is 9.10. The Morgan fingerprint density at radius 2 is 2.25 bits per heavy atom. The molecule has 3 unspecified atom stereocenters. The first kappa shape index (κ1) is 14.4. The van der Waals surface area contributed by atoms with E-state index in [0.29, 0.717) is 29.9 Å². The van der Waals surface area contributed by atoms with Crippen LogP contribution in [0.15, 0.2) is 22.7 Å². The van der Waals surface area contributed by atoms with Crippen molar-refractivity contribution in [2.24, 2.45) is 5.92 Å². The van der Waals surface area contributed by atoms with Crippen LogP contribution in [-0.2, 0) is 9.47 Å². The van der Waals surface area contributed by atoms with Gasteiger partial charge in [-0.3, -0.25) is 0 Å². The van der Waals surface area contributed by atoms with E-state index >= 15 is 0 Å². The highest BCUT2D eigenvalue weighted by Crippen LogP contribution is 2.41. The van der Waals surface area contributed by atoms with Crippen LogP contribution in [0.4, 0.5) is 4.39 Å². The van der Waals surface area contributed by atoms with Gasteiger partial charge < -0.3 is 14.6 Å². The molecule has 2 saturated heterocycles. The molecule has 0 aliphatic carbocycles. The Morgan fingerprint density at radius 1 is 1.40 bits per heavy atom. The fraction of sp³-hybridized carbons (Fsp3) is 0.600. The van der Waals surface area contributed by atoms with Crippen molar-refractivity contribution in [2.75, 3.05) is 19.8 Å². The fourth-order valence-electron chi connectivity index (χ4n) is 3.20. The van der Waals surface area contributed by atoms with E-state index in [2.05, 4.69) is 15.9 Å². The molecule has 3 nitrogen and oxygen atoms in total. The van der Waals surface area contributed by atoms with Crippen LogP contribution >= 0.6 is 15.9 Å². The summed E-state index contributed by atoms with van der Waals surface area (Å²) in [5.74, 6) is -0.363. The second-order valence-electron chi connectivity index (χ2n) is 5.67. The van der Waals surface area contributed by atoms with Crippen LogP contribution in [0.5, 0.6) is 0 Å². The van der Waals surface area contributed by atoms with Gasteiger partial charge >= 0.3 is 0 Å². The predicted octanol–water partition coefficient (Wildman–Crippen LogP) is 3.21. The summed E-state index contributed by atoms with van der Waals surface area (Å²) < 4.78 is 25.8. The normalized spacial score (nSPS) is 31.6. The Balaban J connectivity index is 1.79. The molecule has 1 aromatic carbocycles. The standard InChI is InChI=1S/C15H18BrFO3/c16-12-3-1-2-11(13(12)17)14(18)10-4-6-20-15(8-10)5-7-19-9-15/h1-3,10,14,18H,4-9H2.